The highest BCUT2D eigenvalue weighted by atomic mass is 79.9. The maximum absolute atomic E-state index is 13.5. The van der Waals surface area contributed by atoms with E-state index in [2.05, 4.69) is 26.2 Å². The van der Waals surface area contributed by atoms with Gasteiger partial charge in [-0.25, -0.2) is 9.38 Å². The van der Waals surface area contributed by atoms with Crippen molar-refractivity contribution in [3.63, 3.8) is 0 Å². The number of rotatable bonds is 1. The molecule has 0 aromatic heterocycles. The van der Waals surface area contributed by atoms with Gasteiger partial charge >= 0.3 is 0 Å². The standard InChI is InChI=1S/C9H6BrClFN3S/c1-16-9(14-4-13)15-8-6(10)2-5(11)3-7(8)12/h2-3H,1H3,(H,14,15). The molecule has 1 rings (SSSR count). The maximum atomic E-state index is 13.5. The second-order valence-corrected chi connectivity index (χ2v) is 4.66. The van der Waals surface area contributed by atoms with Crippen molar-refractivity contribution in [1.82, 2.24) is 5.32 Å². The molecule has 84 valence electrons. The predicted molar refractivity (Wildman–Crippen MR) is 68.5 cm³/mol. The number of thioether (sulfide) groups is 1. The Morgan fingerprint density at radius 3 is 2.88 bits per heavy atom. The molecule has 0 aliphatic carbocycles. The first-order chi connectivity index (χ1) is 7.58. The lowest BCUT2D eigenvalue weighted by molar-refractivity contribution is 0.629. The number of hydrogen-bond donors (Lipinski definition) is 1. The second kappa shape index (κ2) is 6.09. The average Bonchev–Trinajstić information content (AvgIpc) is 2.21. The average molecular weight is 323 g/mol. The molecule has 0 atom stereocenters. The topological polar surface area (TPSA) is 48.2 Å². The number of nitrogens with one attached hydrogen (secondary N) is 1. The van der Waals surface area contributed by atoms with E-state index in [4.69, 9.17) is 16.9 Å². The first kappa shape index (κ1) is 13.3. The third-order valence-corrected chi connectivity index (χ3v) is 2.95. The van der Waals surface area contributed by atoms with Gasteiger partial charge in [0.1, 0.15) is 5.69 Å². The summed E-state index contributed by atoms with van der Waals surface area (Å²) >= 11 is 10.0. The molecule has 1 N–H and O–H groups in total. The summed E-state index contributed by atoms with van der Waals surface area (Å²) in [5, 5.41) is 11.4. The molecule has 0 radical (unpaired) electrons. The molecular formula is C9H6BrClFN3S. The fraction of sp³-hybridized carbons (Fsp3) is 0.111. The summed E-state index contributed by atoms with van der Waals surface area (Å²) in [6, 6.07) is 2.70. The van der Waals surface area contributed by atoms with Gasteiger partial charge in [-0.15, -0.1) is 0 Å². The molecule has 1 aromatic rings. The van der Waals surface area contributed by atoms with E-state index in [9.17, 15) is 4.39 Å². The van der Waals surface area contributed by atoms with Crippen LogP contribution in [0.5, 0.6) is 0 Å². The Kier molecular flexibility index (Phi) is 5.06. The van der Waals surface area contributed by atoms with Crippen LogP contribution in [0, 0.1) is 17.3 Å². The Balaban J connectivity index is 3.19. The molecule has 0 aliphatic rings. The quantitative estimate of drug-likeness (QED) is 0.371. The largest absolute Gasteiger partial charge is 0.271 e. The van der Waals surface area contributed by atoms with Gasteiger partial charge in [-0.2, -0.15) is 5.26 Å². The Labute approximate surface area is 110 Å². The van der Waals surface area contributed by atoms with Crippen molar-refractivity contribution < 1.29 is 4.39 Å². The Bertz CT molecular complexity index is 449. The predicted octanol–water partition coefficient (Wildman–Crippen LogP) is 3.66. The molecule has 0 bridgehead atoms. The molecule has 0 amide bonds. The normalized spacial score (nSPS) is 11.1. The summed E-state index contributed by atoms with van der Waals surface area (Å²) in [6.45, 7) is 0. The molecular weight excluding hydrogens is 317 g/mol. The van der Waals surface area contributed by atoms with Crippen LogP contribution in [0.3, 0.4) is 0 Å². The Hall–Kier alpha value is -0.770. The number of halogens is 3. The Morgan fingerprint density at radius 2 is 2.38 bits per heavy atom. The van der Waals surface area contributed by atoms with E-state index in [1.165, 1.54) is 17.8 Å². The van der Waals surface area contributed by atoms with E-state index in [1.54, 1.807) is 12.4 Å². The van der Waals surface area contributed by atoms with Crippen LogP contribution in [-0.2, 0) is 0 Å². The van der Waals surface area contributed by atoms with E-state index in [0.717, 1.165) is 6.07 Å². The highest BCUT2D eigenvalue weighted by Crippen LogP contribution is 2.32. The van der Waals surface area contributed by atoms with Crippen molar-refractivity contribution in [2.75, 3.05) is 6.26 Å². The fourth-order valence-electron chi connectivity index (χ4n) is 0.915. The minimum atomic E-state index is -0.550. The summed E-state index contributed by atoms with van der Waals surface area (Å²) in [5.41, 5.74) is 0.108. The van der Waals surface area contributed by atoms with E-state index in [1.807, 2.05) is 0 Å². The van der Waals surface area contributed by atoms with Crippen LogP contribution in [0.4, 0.5) is 10.1 Å². The molecule has 0 saturated carbocycles. The highest BCUT2D eigenvalue weighted by molar-refractivity contribution is 9.10. The monoisotopic (exact) mass is 321 g/mol. The van der Waals surface area contributed by atoms with Gasteiger partial charge in [-0.3, -0.25) is 5.32 Å². The van der Waals surface area contributed by atoms with E-state index in [0.29, 0.717) is 9.64 Å². The van der Waals surface area contributed by atoms with Crippen LogP contribution in [0.15, 0.2) is 21.6 Å². The summed E-state index contributed by atoms with van der Waals surface area (Å²) in [4.78, 5) is 3.97. The van der Waals surface area contributed by atoms with Gasteiger partial charge in [0.15, 0.2) is 17.2 Å². The van der Waals surface area contributed by atoms with Gasteiger partial charge in [0.25, 0.3) is 0 Å². The maximum Gasteiger partial charge on any atom is 0.183 e. The SMILES string of the molecule is CSC(=Nc1c(F)cc(Cl)cc1Br)NC#N. The first-order valence-electron chi connectivity index (χ1n) is 4.00. The van der Waals surface area contributed by atoms with Crippen molar-refractivity contribution in [3.8, 4) is 6.19 Å². The van der Waals surface area contributed by atoms with E-state index < -0.39 is 5.82 Å². The number of benzene rings is 1. The van der Waals surface area contributed by atoms with Gasteiger partial charge in [0.2, 0.25) is 0 Å². The van der Waals surface area contributed by atoms with Crippen molar-refractivity contribution in [2.24, 2.45) is 4.99 Å². The molecule has 7 heteroatoms. The van der Waals surface area contributed by atoms with Gasteiger partial charge < -0.3 is 0 Å². The van der Waals surface area contributed by atoms with Crippen molar-refractivity contribution in [1.29, 1.82) is 5.26 Å². The number of nitrogens with zero attached hydrogens (tertiary/aromatic N) is 2. The van der Waals surface area contributed by atoms with Crippen LogP contribution in [0.1, 0.15) is 0 Å². The highest BCUT2D eigenvalue weighted by Gasteiger charge is 2.09. The van der Waals surface area contributed by atoms with Gasteiger partial charge in [-0.1, -0.05) is 23.4 Å². The van der Waals surface area contributed by atoms with Gasteiger partial charge in [0, 0.05) is 9.50 Å². The van der Waals surface area contributed by atoms with Crippen LogP contribution >= 0.6 is 39.3 Å². The summed E-state index contributed by atoms with van der Waals surface area (Å²) in [5.74, 6) is -0.550. The molecule has 0 aliphatic heterocycles. The molecule has 16 heavy (non-hydrogen) atoms. The Morgan fingerprint density at radius 1 is 1.69 bits per heavy atom. The minimum absolute atomic E-state index is 0.108. The molecule has 0 spiro atoms. The molecule has 1 aromatic carbocycles. The zero-order chi connectivity index (χ0) is 12.1. The smallest absolute Gasteiger partial charge is 0.183 e. The lowest BCUT2D eigenvalue weighted by Gasteiger charge is -2.04. The van der Waals surface area contributed by atoms with Crippen molar-refractivity contribution in [3.05, 3.63) is 27.4 Å². The number of hydrogen-bond acceptors (Lipinski definition) is 3. The van der Waals surface area contributed by atoms with E-state index in [-0.39, 0.29) is 10.7 Å². The number of aliphatic imine (C=N–C) groups is 1. The molecule has 0 saturated heterocycles. The number of nitriles is 1. The first-order valence-corrected chi connectivity index (χ1v) is 6.40. The fourth-order valence-corrected chi connectivity index (χ4v) is 2.11. The van der Waals surface area contributed by atoms with Crippen LogP contribution in [0.25, 0.3) is 0 Å². The summed E-state index contributed by atoms with van der Waals surface area (Å²) in [6.07, 6.45) is 3.45. The van der Waals surface area contributed by atoms with Crippen LogP contribution in [-0.4, -0.2) is 11.4 Å². The zero-order valence-corrected chi connectivity index (χ0v) is 11.2. The molecule has 3 nitrogen and oxygen atoms in total. The third-order valence-electron chi connectivity index (χ3n) is 1.55. The summed E-state index contributed by atoms with van der Waals surface area (Å²) < 4.78 is 13.9. The lowest BCUT2D eigenvalue weighted by Crippen LogP contribution is -2.12. The van der Waals surface area contributed by atoms with Crippen molar-refractivity contribution in [2.45, 2.75) is 0 Å². The van der Waals surface area contributed by atoms with Crippen LogP contribution in [0.2, 0.25) is 5.02 Å². The van der Waals surface area contributed by atoms with Gasteiger partial charge in [-0.05, 0) is 34.3 Å². The second-order valence-electron chi connectivity index (χ2n) is 2.58. The summed E-state index contributed by atoms with van der Waals surface area (Å²) in [7, 11) is 0. The van der Waals surface area contributed by atoms with E-state index >= 15 is 0 Å². The molecule has 0 heterocycles. The van der Waals surface area contributed by atoms with Crippen LogP contribution < -0.4 is 5.32 Å². The van der Waals surface area contributed by atoms with Crippen molar-refractivity contribution >= 4 is 50.1 Å². The zero-order valence-electron chi connectivity index (χ0n) is 8.09. The lowest BCUT2D eigenvalue weighted by atomic mass is 10.3. The molecule has 0 fully saturated rings. The van der Waals surface area contributed by atoms with Gasteiger partial charge in [0.05, 0.1) is 0 Å². The number of amidine groups is 1. The minimum Gasteiger partial charge on any atom is -0.271 e. The third kappa shape index (κ3) is 3.37. The molecule has 0 unspecified atom stereocenters.